The van der Waals surface area contributed by atoms with Crippen LogP contribution in [0.3, 0.4) is 0 Å². The molecule has 138 valence electrons. The molecule has 3 rings (SSSR count). The van der Waals surface area contributed by atoms with Crippen LogP contribution in [0, 0.1) is 12.7 Å². The first kappa shape index (κ1) is 18.4. The summed E-state index contributed by atoms with van der Waals surface area (Å²) in [5.74, 6) is 0.574. The van der Waals surface area contributed by atoms with E-state index in [4.69, 9.17) is 4.98 Å². The van der Waals surface area contributed by atoms with Gasteiger partial charge in [0, 0.05) is 37.3 Å². The van der Waals surface area contributed by atoms with Crippen molar-refractivity contribution in [1.29, 1.82) is 0 Å². The topological polar surface area (TPSA) is 34.0 Å². The second kappa shape index (κ2) is 7.44. The first-order valence-electron chi connectivity index (χ1n) is 9.37. The van der Waals surface area contributed by atoms with Gasteiger partial charge in [0.15, 0.2) is 0 Å². The number of hydrogen-bond donors (Lipinski definition) is 0. The van der Waals surface area contributed by atoms with Gasteiger partial charge in [-0.2, -0.15) is 5.10 Å². The van der Waals surface area contributed by atoms with Crippen LogP contribution in [-0.2, 0) is 13.5 Å². The van der Waals surface area contributed by atoms with Crippen molar-refractivity contribution in [1.82, 2.24) is 14.8 Å². The Balaban J connectivity index is 2.37. The van der Waals surface area contributed by atoms with Gasteiger partial charge in [-0.05, 0) is 56.0 Å². The summed E-state index contributed by atoms with van der Waals surface area (Å²) in [6.07, 6.45) is 3.73. The molecule has 3 aromatic rings. The second-order valence-corrected chi connectivity index (χ2v) is 6.72. The fourth-order valence-electron chi connectivity index (χ4n) is 3.49. The van der Waals surface area contributed by atoms with Crippen LogP contribution in [0.1, 0.15) is 38.3 Å². The van der Waals surface area contributed by atoms with Crippen LogP contribution in [0.4, 0.5) is 10.2 Å². The van der Waals surface area contributed by atoms with Crippen molar-refractivity contribution in [2.45, 2.75) is 40.5 Å². The van der Waals surface area contributed by atoms with E-state index in [0.29, 0.717) is 5.52 Å². The predicted molar refractivity (Wildman–Crippen MR) is 106 cm³/mol. The molecular weight excluding hydrogens is 327 g/mol. The minimum Gasteiger partial charge on any atom is -0.356 e. The lowest BCUT2D eigenvalue weighted by Gasteiger charge is -2.25. The van der Waals surface area contributed by atoms with Crippen molar-refractivity contribution in [3.8, 4) is 11.3 Å². The van der Waals surface area contributed by atoms with Gasteiger partial charge in [-0.15, -0.1) is 0 Å². The number of aryl methyl sites for hydroxylation is 3. The molecule has 0 atom stereocenters. The normalized spacial score (nSPS) is 11.3. The molecule has 1 aromatic carbocycles. The zero-order valence-electron chi connectivity index (χ0n) is 16.3. The monoisotopic (exact) mass is 354 g/mol. The van der Waals surface area contributed by atoms with E-state index in [1.165, 1.54) is 0 Å². The summed E-state index contributed by atoms with van der Waals surface area (Å²) in [5.41, 5.74) is 4.35. The smallest absolute Gasteiger partial charge is 0.149 e. The number of anilines is 1. The summed E-state index contributed by atoms with van der Waals surface area (Å²) in [6, 6.07) is 5.67. The van der Waals surface area contributed by atoms with E-state index >= 15 is 0 Å². The van der Waals surface area contributed by atoms with E-state index < -0.39 is 0 Å². The highest BCUT2D eigenvalue weighted by Gasteiger charge is 2.21. The highest BCUT2D eigenvalue weighted by molar-refractivity contribution is 5.94. The molecule has 0 unspecified atom stereocenters. The number of benzene rings is 1. The molecule has 0 aliphatic carbocycles. The van der Waals surface area contributed by atoms with Crippen LogP contribution in [0.5, 0.6) is 0 Å². The van der Waals surface area contributed by atoms with Crippen LogP contribution in [0.15, 0.2) is 24.4 Å². The Kier molecular flexibility index (Phi) is 5.25. The number of pyridine rings is 1. The molecule has 4 nitrogen and oxygen atoms in total. The van der Waals surface area contributed by atoms with Crippen LogP contribution in [0.25, 0.3) is 22.2 Å². The van der Waals surface area contributed by atoms with Gasteiger partial charge in [0.25, 0.3) is 0 Å². The minimum absolute atomic E-state index is 0.246. The highest BCUT2D eigenvalue weighted by Crippen LogP contribution is 2.37. The molecule has 0 saturated heterocycles. The molecule has 5 heteroatoms. The third-order valence-electron chi connectivity index (χ3n) is 4.90. The molecule has 0 spiro atoms. The molecular formula is C21H27FN4. The lowest BCUT2D eigenvalue weighted by molar-refractivity contribution is 0.634. The van der Waals surface area contributed by atoms with Gasteiger partial charge in [-0.3, -0.25) is 4.68 Å². The predicted octanol–water partition coefficient (Wildman–Crippen LogP) is 4.88. The Morgan fingerprint density at radius 1 is 1.19 bits per heavy atom. The van der Waals surface area contributed by atoms with Gasteiger partial charge < -0.3 is 4.90 Å². The minimum atomic E-state index is -0.246. The molecule has 0 bridgehead atoms. The van der Waals surface area contributed by atoms with E-state index in [1.807, 2.05) is 26.2 Å². The van der Waals surface area contributed by atoms with Crippen molar-refractivity contribution in [3.63, 3.8) is 0 Å². The lowest BCUT2D eigenvalue weighted by Crippen LogP contribution is -2.25. The van der Waals surface area contributed by atoms with E-state index in [-0.39, 0.29) is 5.82 Å². The fourth-order valence-corrected chi connectivity index (χ4v) is 3.49. The van der Waals surface area contributed by atoms with Crippen LogP contribution >= 0.6 is 0 Å². The third kappa shape index (κ3) is 3.18. The maximum absolute atomic E-state index is 14.8. The number of halogens is 1. The Labute approximate surface area is 154 Å². The largest absolute Gasteiger partial charge is 0.356 e. The molecule has 26 heavy (non-hydrogen) atoms. The van der Waals surface area contributed by atoms with Gasteiger partial charge in [0.05, 0.1) is 5.69 Å². The first-order chi connectivity index (χ1) is 12.5. The molecule has 0 fully saturated rings. The summed E-state index contributed by atoms with van der Waals surface area (Å²) in [4.78, 5) is 7.00. The summed E-state index contributed by atoms with van der Waals surface area (Å²) in [5, 5.41) is 5.48. The van der Waals surface area contributed by atoms with Crippen molar-refractivity contribution in [2.75, 3.05) is 18.0 Å². The summed E-state index contributed by atoms with van der Waals surface area (Å²) in [6.45, 7) is 10.0. The number of aromatic nitrogens is 3. The Hall–Kier alpha value is -2.43. The van der Waals surface area contributed by atoms with E-state index in [1.54, 1.807) is 10.7 Å². The summed E-state index contributed by atoms with van der Waals surface area (Å²) < 4.78 is 16.6. The van der Waals surface area contributed by atoms with E-state index in [9.17, 15) is 4.39 Å². The molecule has 0 radical (unpaired) electrons. The van der Waals surface area contributed by atoms with Gasteiger partial charge in [-0.1, -0.05) is 13.8 Å². The van der Waals surface area contributed by atoms with Crippen LogP contribution in [-0.4, -0.2) is 27.9 Å². The molecule has 2 aromatic heterocycles. The molecule has 0 aliphatic rings. The van der Waals surface area contributed by atoms with Crippen molar-refractivity contribution in [2.24, 2.45) is 7.05 Å². The van der Waals surface area contributed by atoms with Crippen molar-refractivity contribution < 1.29 is 4.39 Å². The van der Waals surface area contributed by atoms with Crippen LogP contribution in [0.2, 0.25) is 0 Å². The van der Waals surface area contributed by atoms with E-state index in [0.717, 1.165) is 59.5 Å². The third-order valence-corrected chi connectivity index (χ3v) is 4.90. The summed E-state index contributed by atoms with van der Waals surface area (Å²) >= 11 is 0. The number of hydrogen-bond acceptors (Lipinski definition) is 3. The van der Waals surface area contributed by atoms with Crippen LogP contribution < -0.4 is 4.90 Å². The fraction of sp³-hybridized carbons (Fsp3) is 0.429. The first-order valence-corrected chi connectivity index (χ1v) is 9.37. The van der Waals surface area contributed by atoms with Crippen molar-refractivity contribution in [3.05, 3.63) is 41.3 Å². The molecule has 2 heterocycles. The average Bonchev–Trinajstić information content (AvgIpc) is 3.05. The number of nitrogens with zero attached hydrogens (tertiary/aromatic N) is 4. The Morgan fingerprint density at radius 2 is 1.96 bits per heavy atom. The summed E-state index contributed by atoms with van der Waals surface area (Å²) in [7, 11) is 1.91. The van der Waals surface area contributed by atoms with E-state index in [2.05, 4.69) is 36.8 Å². The van der Waals surface area contributed by atoms with Gasteiger partial charge >= 0.3 is 0 Å². The molecule has 0 amide bonds. The maximum Gasteiger partial charge on any atom is 0.149 e. The quantitative estimate of drug-likeness (QED) is 0.632. The van der Waals surface area contributed by atoms with Gasteiger partial charge in [-0.25, -0.2) is 9.37 Å². The van der Waals surface area contributed by atoms with Gasteiger partial charge in [0.2, 0.25) is 0 Å². The SMILES string of the molecule is CCCN(CC)c1nc2c(F)cc(CC)cc2c(C)c1-c1ccn(C)n1. The Morgan fingerprint density at radius 3 is 2.54 bits per heavy atom. The lowest BCUT2D eigenvalue weighted by atomic mass is 9.98. The standard InChI is InChI=1S/C21H27FN4/c1-6-10-26(8-3)21-19(18-9-11-25(5)24-18)14(4)16-12-15(7-2)13-17(22)20(16)23-21/h9,11-13H,6-8,10H2,1-5H3. The number of rotatable bonds is 6. The molecule has 0 N–H and O–H groups in total. The van der Waals surface area contributed by atoms with Gasteiger partial charge in [0.1, 0.15) is 17.2 Å². The zero-order chi connectivity index (χ0) is 18.8. The number of fused-ring (bicyclic) bond motifs is 1. The molecule has 0 aliphatic heterocycles. The average molecular weight is 354 g/mol. The van der Waals surface area contributed by atoms with Crippen molar-refractivity contribution >= 4 is 16.7 Å². The molecule has 0 saturated carbocycles. The zero-order valence-corrected chi connectivity index (χ0v) is 16.3. The maximum atomic E-state index is 14.8. The highest BCUT2D eigenvalue weighted by atomic mass is 19.1. The Bertz CT molecular complexity index is 929. The second-order valence-electron chi connectivity index (χ2n) is 6.72.